The molecule has 4 N–H and O–H groups in total. The average Bonchev–Trinajstić information content (AvgIpc) is 3.12. The summed E-state index contributed by atoms with van der Waals surface area (Å²) in [6, 6.07) is -0.740. The number of methoxy groups -OCH3 is 2. The maximum Gasteiger partial charge on any atom is 0.308 e. The highest BCUT2D eigenvalue weighted by atomic mass is 16.7. The van der Waals surface area contributed by atoms with Gasteiger partial charge in [0.1, 0.15) is 36.8 Å². The third kappa shape index (κ3) is 11.7. The van der Waals surface area contributed by atoms with Gasteiger partial charge in [0, 0.05) is 38.4 Å². The van der Waals surface area contributed by atoms with E-state index in [2.05, 4.69) is 0 Å². The molecular weight excluding hydrogens is 706 g/mol. The molecule has 0 aliphatic carbocycles. The molecule has 0 saturated carbocycles. The lowest BCUT2D eigenvalue weighted by Gasteiger charge is -2.46. The molecule has 3 aliphatic rings. The third-order valence-corrected chi connectivity index (χ3v) is 11.1. The van der Waals surface area contributed by atoms with E-state index in [1.807, 2.05) is 19.9 Å². The van der Waals surface area contributed by atoms with Gasteiger partial charge in [-0.15, -0.1) is 0 Å². The number of carbonyl (C=O) groups excluding carboxylic acids is 3. The third-order valence-electron chi connectivity index (χ3n) is 11.1. The van der Waals surface area contributed by atoms with E-state index in [0.717, 1.165) is 6.29 Å². The zero-order valence-corrected chi connectivity index (χ0v) is 33.5. The molecule has 2 fully saturated rings. The number of rotatable bonds is 11. The van der Waals surface area contributed by atoms with Crippen LogP contribution in [-0.2, 0) is 47.5 Å². The Hall–Kier alpha value is -2.15. The molecule has 0 aromatic heterocycles. The first-order chi connectivity index (χ1) is 25.5. The van der Waals surface area contributed by atoms with Crippen molar-refractivity contribution in [1.82, 2.24) is 4.90 Å². The van der Waals surface area contributed by atoms with E-state index in [1.165, 1.54) is 20.3 Å². The van der Waals surface area contributed by atoms with Crippen LogP contribution in [0.3, 0.4) is 0 Å². The number of hydrogen-bond donors (Lipinski definition) is 4. The molecule has 0 aromatic rings. The number of ether oxygens (including phenoxy) is 7. The number of hydrogen-bond acceptors (Lipinski definition) is 15. The van der Waals surface area contributed by atoms with E-state index >= 15 is 0 Å². The number of aliphatic hydroxyl groups excluding tert-OH is 4. The highest BCUT2D eigenvalue weighted by molar-refractivity contribution is 5.91. The van der Waals surface area contributed by atoms with Gasteiger partial charge in [-0.1, -0.05) is 38.5 Å². The van der Waals surface area contributed by atoms with Crippen LogP contribution in [-0.4, -0.2) is 158 Å². The summed E-state index contributed by atoms with van der Waals surface area (Å²) >= 11 is 0. The maximum absolute atomic E-state index is 13.6. The van der Waals surface area contributed by atoms with Crippen molar-refractivity contribution < 1.29 is 68.0 Å². The molecule has 0 unspecified atom stereocenters. The van der Waals surface area contributed by atoms with Crippen LogP contribution in [0.5, 0.6) is 0 Å². The second-order valence-corrected chi connectivity index (χ2v) is 15.4. The molecule has 0 spiro atoms. The second-order valence-electron chi connectivity index (χ2n) is 15.4. The minimum atomic E-state index is -1.31. The average molecular weight is 772 g/mol. The van der Waals surface area contributed by atoms with E-state index in [1.54, 1.807) is 52.8 Å². The fraction of sp³-hybridized carbons (Fsp3) is 0.821. The molecule has 0 amide bonds. The van der Waals surface area contributed by atoms with Gasteiger partial charge in [-0.25, -0.2) is 0 Å². The number of esters is 1. The Bertz CT molecular complexity index is 1260. The highest BCUT2D eigenvalue weighted by Gasteiger charge is 2.48. The Kier molecular flexibility index (Phi) is 18.3. The van der Waals surface area contributed by atoms with E-state index in [4.69, 9.17) is 33.2 Å². The van der Waals surface area contributed by atoms with Gasteiger partial charge in [-0.05, 0) is 59.7 Å². The monoisotopic (exact) mass is 771 g/mol. The van der Waals surface area contributed by atoms with Gasteiger partial charge in [0.15, 0.2) is 18.4 Å². The zero-order valence-electron chi connectivity index (χ0n) is 33.5. The molecule has 15 heteroatoms. The highest BCUT2D eigenvalue weighted by Crippen LogP contribution is 2.35. The number of nitrogens with zero attached hydrogens (tertiary/aromatic N) is 1. The largest absolute Gasteiger partial charge is 0.462 e. The first-order valence-corrected chi connectivity index (χ1v) is 19.0. The second kappa shape index (κ2) is 21.4. The van der Waals surface area contributed by atoms with Crippen molar-refractivity contribution in [2.24, 2.45) is 23.7 Å². The quantitative estimate of drug-likeness (QED) is 0.174. The number of aldehydes is 1. The van der Waals surface area contributed by atoms with Gasteiger partial charge < -0.3 is 63.3 Å². The predicted molar refractivity (Wildman–Crippen MR) is 196 cm³/mol. The van der Waals surface area contributed by atoms with Gasteiger partial charge in [0.25, 0.3) is 0 Å². The number of likely N-dealkylation sites (N-methyl/N-ethyl adjacent to an activating group) is 1. The fourth-order valence-corrected chi connectivity index (χ4v) is 7.76. The van der Waals surface area contributed by atoms with Crippen molar-refractivity contribution in [2.45, 2.75) is 147 Å². The van der Waals surface area contributed by atoms with Crippen molar-refractivity contribution in [3.8, 4) is 0 Å². The van der Waals surface area contributed by atoms with Gasteiger partial charge in [0.2, 0.25) is 0 Å². The maximum atomic E-state index is 13.6. The Balaban J connectivity index is 1.96. The molecule has 3 heterocycles. The Morgan fingerprint density at radius 1 is 0.889 bits per heavy atom. The van der Waals surface area contributed by atoms with Gasteiger partial charge >= 0.3 is 5.97 Å². The summed E-state index contributed by atoms with van der Waals surface area (Å²) in [6.45, 7) is 10.5. The van der Waals surface area contributed by atoms with Crippen molar-refractivity contribution in [3.05, 3.63) is 23.8 Å². The summed E-state index contributed by atoms with van der Waals surface area (Å²) in [5, 5.41) is 44.2. The lowest BCUT2D eigenvalue weighted by atomic mass is 9.79. The van der Waals surface area contributed by atoms with Crippen molar-refractivity contribution in [3.63, 3.8) is 0 Å². The molecule has 15 nitrogen and oxygen atoms in total. The van der Waals surface area contributed by atoms with Crippen LogP contribution in [0.15, 0.2) is 23.8 Å². The number of aliphatic hydroxyl groups is 4. The summed E-state index contributed by atoms with van der Waals surface area (Å²) < 4.78 is 41.6. The standard InChI is InChI=1S/C39H65NO14/c1-11-29-26(19-50-39-37(49-10)36(48-9)33(46)24(6)52-39)16-20(2)12-13-27(42)21(3)17-25(14-15-41)35(22(4)28(43)18-30(44)53-29)54-38-34(47)31(40(7)8)32(45)23(5)51-38/h12-13,15-16,21-26,28-29,31-39,43,45-47H,11,14,17-19H2,1-10H3/b13-12+,20-16-/t21-,22+,23-,24-,25+,26-,28-,29-,31+,32-,33-,34-,35-,36-,37-,38+,39-/m1/s1. The van der Waals surface area contributed by atoms with Crippen LogP contribution in [0, 0.1) is 23.7 Å². The minimum absolute atomic E-state index is 0.0120. The van der Waals surface area contributed by atoms with Gasteiger partial charge in [-0.3, -0.25) is 9.59 Å². The van der Waals surface area contributed by atoms with Crippen LogP contribution < -0.4 is 0 Å². The van der Waals surface area contributed by atoms with Crippen LogP contribution >= 0.6 is 0 Å². The summed E-state index contributed by atoms with van der Waals surface area (Å²) in [5.74, 6) is -3.37. The molecule has 310 valence electrons. The molecular formula is C39H65NO14. The van der Waals surface area contributed by atoms with Crippen LogP contribution in [0.2, 0.25) is 0 Å². The van der Waals surface area contributed by atoms with Crippen molar-refractivity contribution in [2.75, 3.05) is 34.9 Å². The zero-order chi connectivity index (χ0) is 40.4. The van der Waals surface area contributed by atoms with E-state index < -0.39 is 116 Å². The van der Waals surface area contributed by atoms with Crippen molar-refractivity contribution in [1.29, 1.82) is 0 Å². The molecule has 2 saturated heterocycles. The molecule has 17 atom stereocenters. The van der Waals surface area contributed by atoms with Crippen molar-refractivity contribution >= 4 is 18.0 Å². The van der Waals surface area contributed by atoms with Crippen LogP contribution in [0.1, 0.15) is 67.2 Å². The molecule has 0 bridgehead atoms. The summed E-state index contributed by atoms with van der Waals surface area (Å²) in [5.41, 5.74) is 0.701. The number of cyclic esters (lactones) is 1. The first kappa shape index (κ1) is 46.2. The Labute approximate surface area is 319 Å². The number of ketones is 1. The first-order valence-electron chi connectivity index (χ1n) is 19.0. The minimum Gasteiger partial charge on any atom is -0.462 e. The number of carbonyl (C=O) groups is 3. The topological polar surface area (TPSA) is 200 Å². The summed E-state index contributed by atoms with van der Waals surface area (Å²) in [6.07, 6.45) is -5.36. The van der Waals surface area contributed by atoms with E-state index in [9.17, 15) is 34.8 Å². The lowest BCUT2D eigenvalue weighted by molar-refractivity contribution is -0.304. The molecule has 0 radical (unpaired) electrons. The molecule has 54 heavy (non-hydrogen) atoms. The normalized spacial score (nSPS) is 43.6. The molecule has 0 aromatic carbocycles. The number of allylic oxidation sites excluding steroid dienone is 3. The molecule has 3 rings (SSSR count). The predicted octanol–water partition coefficient (Wildman–Crippen LogP) is 1.56. The Morgan fingerprint density at radius 2 is 1.52 bits per heavy atom. The van der Waals surface area contributed by atoms with Gasteiger partial charge in [-0.2, -0.15) is 0 Å². The lowest BCUT2D eigenvalue weighted by Crippen LogP contribution is -2.63. The smallest absolute Gasteiger partial charge is 0.308 e. The van der Waals surface area contributed by atoms with Crippen LogP contribution in [0.25, 0.3) is 0 Å². The van der Waals surface area contributed by atoms with E-state index in [-0.39, 0.29) is 25.2 Å². The van der Waals surface area contributed by atoms with Gasteiger partial charge in [0.05, 0.1) is 49.6 Å². The fourth-order valence-electron chi connectivity index (χ4n) is 7.76. The SMILES string of the molecule is CC[C@H]1OC(=O)C[C@@H](O)[C@H](C)[C@@H](O[C@@H]2O[C@H](C)[C@@H](O)[C@H](N(C)C)[C@H]2O)[C@@H](CC=O)C[C@@H](C)C(=O)/C=C/C(C)=C\[C@@H]1CO[C@@H]1O[C@H](C)[C@@H](O)[C@@H](OC)[C@H]1OC. The van der Waals surface area contributed by atoms with E-state index in [0.29, 0.717) is 12.0 Å². The Morgan fingerprint density at radius 3 is 2.11 bits per heavy atom. The molecule has 3 aliphatic heterocycles. The van der Waals surface area contributed by atoms with Crippen LogP contribution in [0.4, 0.5) is 0 Å². The summed E-state index contributed by atoms with van der Waals surface area (Å²) in [4.78, 5) is 40.8. The summed E-state index contributed by atoms with van der Waals surface area (Å²) in [7, 11) is 6.36.